The van der Waals surface area contributed by atoms with E-state index in [4.69, 9.17) is 4.74 Å². The van der Waals surface area contributed by atoms with Crippen molar-refractivity contribution in [3.8, 4) is 5.75 Å². The molecule has 2 rings (SSSR count). The van der Waals surface area contributed by atoms with Crippen molar-refractivity contribution in [2.45, 2.75) is 32.2 Å². The van der Waals surface area contributed by atoms with Gasteiger partial charge in [-0.1, -0.05) is 18.2 Å². The molecule has 0 amide bonds. The number of hydrogen-bond donors (Lipinski definition) is 0. The molecule has 1 fully saturated rings. The first-order chi connectivity index (χ1) is 7.81. The van der Waals surface area contributed by atoms with Crippen LogP contribution in [0.2, 0.25) is 0 Å². The number of likely N-dealkylation sites (tertiary alicyclic amines) is 1. The molecular formula is C14H21NO. The molecule has 1 atom stereocenters. The Bertz CT molecular complexity index is 337. The van der Waals surface area contributed by atoms with Gasteiger partial charge in [-0.25, -0.2) is 0 Å². The van der Waals surface area contributed by atoms with Crippen molar-refractivity contribution in [2.24, 2.45) is 0 Å². The molecule has 1 aliphatic rings. The van der Waals surface area contributed by atoms with Crippen molar-refractivity contribution in [1.82, 2.24) is 4.90 Å². The second-order valence-corrected chi connectivity index (χ2v) is 4.59. The van der Waals surface area contributed by atoms with Gasteiger partial charge in [-0.2, -0.15) is 0 Å². The van der Waals surface area contributed by atoms with E-state index < -0.39 is 0 Å². The minimum Gasteiger partial charge on any atom is -0.496 e. The summed E-state index contributed by atoms with van der Waals surface area (Å²) in [6.07, 6.45) is 3.80. The summed E-state index contributed by atoms with van der Waals surface area (Å²) in [5.41, 5.74) is 1.32. The topological polar surface area (TPSA) is 12.5 Å². The minimum atomic E-state index is 0.759. The number of benzene rings is 1. The predicted octanol–water partition coefficient (Wildman–Crippen LogP) is 2.72. The van der Waals surface area contributed by atoms with Crippen molar-refractivity contribution in [2.75, 3.05) is 20.2 Å². The first-order valence-electron chi connectivity index (χ1n) is 6.17. The highest BCUT2D eigenvalue weighted by atomic mass is 16.5. The van der Waals surface area contributed by atoms with E-state index in [1.165, 1.54) is 24.9 Å². The Labute approximate surface area is 98.2 Å². The molecule has 0 N–H and O–H groups in total. The Morgan fingerprint density at radius 3 is 2.88 bits per heavy atom. The van der Waals surface area contributed by atoms with Gasteiger partial charge in [0.15, 0.2) is 0 Å². The lowest BCUT2D eigenvalue weighted by molar-refractivity contribution is 0.271. The maximum Gasteiger partial charge on any atom is 0.122 e. The predicted molar refractivity (Wildman–Crippen MR) is 67.0 cm³/mol. The number of hydrogen-bond acceptors (Lipinski definition) is 2. The van der Waals surface area contributed by atoms with Crippen molar-refractivity contribution < 1.29 is 4.74 Å². The lowest BCUT2D eigenvalue weighted by Gasteiger charge is -2.21. The summed E-state index contributed by atoms with van der Waals surface area (Å²) in [5.74, 6) is 1.02. The van der Waals surface area contributed by atoms with E-state index in [9.17, 15) is 0 Å². The van der Waals surface area contributed by atoms with Gasteiger partial charge in [0.2, 0.25) is 0 Å². The SMILES string of the molecule is COc1ccccc1CCN1CCC[C@@H]1C. The largest absolute Gasteiger partial charge is 0.496 e. The fourth-order valence-corrected chi connectivity index (χ4v) is 2.50. The molecule has 0 bridgehead atoms. The van der Waals surface area contributed by atoms with Crippen LogP contribution in [0.15, 0.2) is 24.3 Å². The van der Waals surface area contributed by atoms with E-state index in [1.54, 1.807) is 7.11 Å². The zero-order valence-corrected chi connectivity index (χ0v) is 10.3. The molecule has 0 aliphatic carbocycles. The molecule has 0 spiro atoms. The summed E-state index contributed by atoms with van der Waals surface area (Å²) >= 11 is 0. The van der Waals surface area contributed by atoms with Crippen molar-refractivity contribution in [3.63, 3.8) is 0 Å². The lowest BCUT2D eigenvalue weighted by Crippen LogP contribution is -2.29. The Balaban J connectivity index is 1.93. The molecule has 1 saturated heterocycles. The van der Waals surface area contributed by atoms with Crippen LogP contribution in [0.1, 0.15) is 25.3 Å². The van der Waals surface area contributed by atoms with Gasteiger partial charge in [-0.3, -0.25) is 0 Å². The van der Waals surface area contributed by atoms with E-state index in [0.717, 1.165) is 24.8 Å². The van der Waals surface area contributed by atoms with E-state index in [2.05, 4.69) is 24.0 Å². The molecule has 0 aromatic heterocycles. The highest BCUT2D eigenvalue weighted by Gasteiger charge is 2.19. The van der Waals surface area contributed by atoms with Crippen LogP contribution >= 0.6 is 0 Å². The third-order valence-corrected chi connectivity index (χ3v) is 3.55. The normalized spacial score (nSPS) is 21.2. The van der Waals surface area contributed by atoms with Gasteiger partial charge in [0.05, 0.1) is 7.11 Å². The van der Waals surface area contributed by atoms with Crippen LogP contribution in [0.4, 0.5) is 0 Å². The summed E-state index contributed by atoms with van der Waals surface area (Å²) in [6, 6.07) is 9.09. The summed E-state index contributed by atoms with van der Waals surface area (Å²) in [4.78, 5) is 2.58. The molecule has 1 aliphatic heterocycles. The molecule has 2 nitrogen and oxygen atoms in total. The van der Waals surface area contributed by atoms with Crippen LogP contribution < -0.4 is 4.74 Å². The van der Waals surface area contributed by atoms with Crippen LogP contribution in [0.3, 0.4) is 0 Å². The summed E-state index contributed by atoms with van der Waals surface area (Å²) in [6.45, 7) is 4.74. The molecular weight excluding hydrogens is 198 g/mol. The van der Waals surface area contributed by atoms with E-state index in [0.29, 0.717) is 0 Å². The Kier molecular flexibility index (Phi) is 3.83. The average Bonchev–Trinajstić information content (AvgIpc) is 2.72. The van der Waals surface area contributed by atoms with Gasteiger partial charge in [0.1, 0.15) is 5.75 Å². The molecule has 16 heavy (non-hydrogen) atoms. The molecule has 0 radical (unpaired) electrons. The van der Waals surface area contributed by atoms with E-state index >= 15 is 0 Å². The van der Waals surface area contributed by atoms with Crippen LogP contribution in [0, 0.1) is 0 Å². The second-order valence-electron chi connectivity index (χ2n) is 4.59. The smallest absolute Gasteiger partial charge is 0.122 e. The van der Waals surface area contributed by atoms with Crippen LogP contribution in [-0.2, 0) is 6.42 Å². The van der Waals surface area contributed by atoms with Gasteiger partial charge in [0, 0.05) is 12.6 Å². The fraction of sp³-hybridized carbons (Fsp3) is 0.571. The number of ether oxygens (including phenoxy) is 1. The Hall–Kier alpha value is -1.02. The second kappa shape index (κ2) is 5.35. The zero-order chi connectivity index (χ0) is 11.4. The fourth-order valence-electron chi connectivity index (χ4n) is 2.50. The number of nitrogens with zero attached hydrogens (tertiary/aromatic N) is 1. The van der Waals surface area contributed by atoms with Gasteiger partial charge < -0.3 is 9.64 Å². The molecule has 2 heteroatoms. The van der Waals surface area contributed by atoms with E-state index in [-0.39, 0.29) is 0 Å². The monoisotopic (exact) mass is 219 g/mol. The highest BCUT2D eigenvalue weighted by Crippen LogP contribution is 2.21. The quantitative estimate of drug-likeness (QED) is 0.772. The molecule has 1 aromatic rings. The maximum atomic E-state index is 5.37. The van der Waals surface area contributed by atoms with Crippen LogP contribution in [-0.4, -0.2) is 31.1 Å². The number of rotatable bonds is 4. The average molecular weight is 219 g/mol. The summed E-state index contributed by atoms with van der Waals surface area (Å²) < 4.78 is 5.37. The molecule has 0 unspecified atom stereocenters. The molecule has 1 heterocycles. The maximum absolute atomic E-state index is 5.37. The molecule has 1 aromatic carbocycles. The van der Waals surface area contributed by atoms with Gasteiger partial charge in [-0.05, 0) is 44.4 Å². The van der Waals surface area contributed by atoms with Gasteiger partial charge in [-0.15, -0.1) is 0 Å². The Morgan fingerprint density at radius 1 is 1.38 bits per heavy atom. The highest BCUT2D eigenvalue weighted by molar-refractivity contribution is 5.33. The lowest BCUT2D eigenvalue weighted by atomic mass is 10.1. The summed E-state index contributed by atoms with van der Waals surface area (Å²) in [5, 5.41) is 0. The zero-order valence-electron chi connectivity index (χ0n) is 10.3. The first-order valence-corrected chi connectivity index (χ1v) is 6.17. The van der Waals surface area contributed by atoms with Crippen LogP contribution in [0.25, 0.3) is 0 Å². The van der Waals surface area contributed by atoms with Crippen molar-refractivity contribution in [3.05, 3.63) is 29.8 Å². The Morgan fingerprint density at radius 2 is 2.19 bits per heavy atom. The standard InChI is InChI=1S/C14H21NO/c1-12-6-5-10-15(12)11-9-13-7-3-4-8-14(13)16-2/h3-4,7-8,12H,5-6,9-11H2,1-2H3/t12-/m0/s1. The third-order valence-electron chi connectivity index (χ3n) is 3.55. The minimum absolute atomic E-state index is 0.759. The van der Waals surface area contributed by atoms with Crippen LogP contribution in [0.5, 0.6) is 5.75 Å². The van der Waals surface area contributed by atoms with Gasteiger partial charge in [0.25, 0.3) is 0 Å². The number of methoxy groups -OCH3 is 1. The summed E-state index contributed by atoms with van der Waals surface area (Å²) in [7, 11) is 1.75. The van der Waals surface area contributed by atoms with Crippen molar-refractivity contribution in [1.29, 1.82) is 0 Å². The first kappa shape index (κ1) is 11.5. The third kappa shape index (κ3) is 2.56. The number of para-hydroxylation sites is 1. The van der Waals surface area contributed by atoms with Gasteiger partial charge >= 0.3 is 0 Å². The molecule has 0 saturated carbocycles. The molecule has 88 valence electrons. The van der Waals surface area contributed by atoms with Crippen molar-refractivity contribution >= 4 is 0 Å². The van der Waals surface area contributed by atoms with E-state index in [1.807, 2.05) is 12.1 Å².